The van der Waals surface area contributed by atoms with E-state index < -0.39 is 95.2 Å². The van der Waals surface area contributed by atoms with Gasteiger partial charge in [-0.2, -0.15) is 0 Å². The molecule has 21 heteroatoms. The molecular formula is C62H82ClN3O15Si2. The maximum absolute atomic E-state index is 14.4. The van der Waals surface area contributed by atoms with Crippen molar-refractivity contribution in [1.29, 1.82) is 0 Å². The van der Waals surface area contributed by atoms with Gasteiger partial charge in [-0.15, -0.1) is 0 Å². The summed E-state index contributed by atoms with van der Waals surface area (Å²) >= 11 is 6.34. The van der Waals surface area contributed by atoms with Crippen molar-refractivity contribution in [3.63, 3.8) is 0 Å². The first-order valence-corrected chi connectivity index (χ1v) is 34.7. The van der Waals surface area contributed by atoms with Crippen LogP contribution in [-0.4, -0.2) is 132 Å². The first-order valence-electron chi connectivity index (χ1n) is 28.9. The molecule has 0 bridgehead atoms. The Morgan fingerprint density at radius 2 is 1.53 bits per heavy atom. The van der Waals surface area contributed by atoms with Crippen molar-refractivity contribution in [3.8, 4) is 11.1 Å². The number of ether oxygens (including phenoxy) is 8. The van der Waals surface area contributed by atoms with E-state index in [-0.39, 0.29) is 60.2 Å². The topological polar surface area (TPSA) is 194 Å². The average molecular weight is 1200 g/mol. The number of nitro benzene ring substituents is 1. The van der Waals surface area contributed by atoms with E-state index in [1.165, 1.54) is 12.1 Å². The Bertz CT molecular complexity index is 2920. The molecule has 0 aromatic heterocycles. The highest BCUT2D eigenvalue weighted by molar-refractivity contribution is 6.74. The Kier molecular flexibility index (Phi) is 20.8. The summed E-state index contributed by atoms with van der Waals surface area (Å²) in [4.78, 5) is 48.4. The zero-order chi connectivity index (χ0) is 60.0. The maximum Gasteiger partial charge on any atom is 0.410 e. The lowest BCUT2D eigenvalue weighted by molar-refractivity contribution is -0.386. The predicted molar refractivity (Wildman–Crippen MR) is 320 cm³/mol. The number of rotatable bonds is 22. The van der Waals surface area contributed by atoms with Crippen LogP contribution in [0.3, 0.4) is 0 Å². The molecule has 8 rings (SSSR count). The Labute approximate surface area is 495 Å². The lowest BCUT2D eigenvalue weighted by Gasteiger charge is -2.47. The summed E-state index contributed by atoms with van der Waals surface area (Å²) in [6, 6.07) is 30.5. The van der Waals surface area contributed by atoms with E-state index in [0.717, 1.165) is 40.4 Å². The Morgan fingerprint density at radius 1 is 0.880 bits per heavy atom. The minimum Gasteiger partial charge on any atom is -0.544 e. The van der Waals surface area contributed by atoms with Gasteiger partial charge in [0, 0.05) is 36.6 Å². The molecule has 4 aromatic rings. The van der Waals surface area contributed by atoms with E-state index in [0.29, 0.717) is 16.3 Å². The molecule has 18 nitrogen and oxygen atoms in total. The van der Waals surface area contributed by atoms with Crippen molar-refractivity contribution < 1.29 is 66.1 Å². The van der Waals surface area contributed by atoms with E-state index >= 15 is 0 Å². The van der Waals surface area contributed by atoms with Crippen LogP contribution in [0.2, 0.25) is 41.3 Å². The second-order valence-corrected chi connectivity index (χ2v) is 33.4. The predicted octanol–water partition coefficient (Wildman–Crippen LogP) is 13.3. The van der Waals surface area contributed by atoms with Gasteiger partial charge in [0.2, 0.25) is 14.4 Å². The molecule has 1 amide bonds. The number of nitrogens with zero attached hydrogens (tertiary/aromatic N) is 3. The van der Waals surface area contributed by atoms with Crippen molar-refractivity contribution in [2.75, 3.05) is 20.3 Å². The van der Waals surface area contributed by atoms with Gasteiger partial charge in [0.1, 0.15) is 36.4 Å². The van der Waals surface area contributed by atoms with Crippen LogP contribution in [0.15, 0.2) is 114 Å². The van der Waals surface area contributed by atoms with Crippen LogP contribution in [0.1, 0.15) is 109 Å². The number of methoxy groups -OCH3 is 1. The van der Waals surface area contributed by atoms with Gasteiger partial charge in [-0.05, 0) is 117 Å². The van der Waals surface area contributed by atoms with Crippen LogP contribution in [0.25, 0.3) is 11.1 Å². The number of hydrogen-bond acceptors (Lipinski definition) is 16. The number of oxime groups is 1. The number of benzene rings is 4. The molecule has 0 saturated carbocycles. The molecule has 3 heterocycles. The summed E-state index contributed by atoms with van der Waals surface area (Å²) in [5.74, 6) is -0.460. The lowest BCUT2D eigenvalue weighted by atomic mass is 9.98. The van der Waals surface area contributed by atoms with Crippen LogP contribution in [-0.2, 0) is 58.2 Å². The van der Waals surface area contributed by atoms with Crippen LogP contribution in [0.5, 0.6) is 0 Å². The highest BCUT2D eigenvalue weighted by Gasteiger charge is 2.52. The van der Waals surface area contributed by atoms with E-state index in [1.807, 2.05) is 45.0 Å². The van der Waals surface area contributed by atoms with Crippen LogP contribution < -0.4 is 0 Å². The number of fused-ring (bicyclic) bond motifs is 3. The van der Waals surface area contributed by atoms with E-state index in [1.54, 1.807) is 61.4 Å². The fourth-order valence-electron chi connectivity index (χ4n) is 11.0. The van der Waals surface area contributed by atoms with E-state index in [9.17, 15) is 19.7 Å². The summed E-state index contributed by atoms with van der Waals surface area (Å²) in [6.45, 7) is 24.2. The molecule has 10 atom stereocenters. The van der Waals surface area contributed by atoms with Gasteiger partial charge in [-0.25, -0.2) is 9.59 Å². The number of carbonyl (C=O) groups is 2. The van der Waals surface area contributed by atoms with Crippen molar-refractivity contribution in [2.45, 2.75) is 192 Å². The smallest absolute Gasteiger partial charge is 0.410 e. The summed E-state index contributed by atoms with van der Waals surface area (Å²) in [5, 5.41) is 17.2. The monoisotopic (exact) mass is 1200 g/mol. The fourth-order valence-corrected chi connectivity index (χ4v) is 15.1. The number of carbonyl (C=O) groups excluding carboxylic acids is 2. The van der Waals surface area contributed by atoms with E-state index in [4.69, 9.17) is 68.3 Å². The summed E-state index contributed by atoms with van der Waals surface area (Å²) in [7, 11) is -3.62. The fraction of sp³-hybridized carbons (Fsp3) is 0.532. The van der Waals surface area contributed by atoms with Gasteiger partial charge in [0.25, 0.3) is 12.0 Å². The Balaban J connectivity index is 1.11. The molecule has 0 spiro atoms. The van der Waals surface area contributed by atoms with Gasteiger partial charge < -0.3 is 51.6 Å². The van der Waals surface area contributed by atoms with Crippen molar-refractivity contribution in [2.24, 2.45) is 5.16 Å². The van der Waals surface area contributed by atoms with Crippen molar-refractivity contribution in [3.05, 3.63) is 146 Å². The zero-order valence-corrected chi connectivity index (χ0v) is 52.8. The van der Waals surface area contributed by atoms with Crippen LogP contribution in [0.4, 0.5) is 10.5 Å². The number of esters is 1. The van der Waals surface area contributed by atoms with Gasteiger partial charge in [0.05, 0.1) is 47.5 Å². The summed E-state index contributed by atoms with van der Waals surface area (Å²) in [5.41, 5.74) is 5.15. The second kappa shape index (κ2) is 27.2. The number of hydrogen-bond donors (Lipinski definition) is 0. The van der Waals surface area contributed by atoms with Crippen molar-refractivity contribution >= 4 is 51.7 Å². The third-order valence-electron chi connectivity index (χ3n) is 16.9. The largest absolute Gasteiger partial charge is 0.544 e. The third kappa shape index (κ3) is 14.4. The highest BCUT2D eigenvalue weighted by atomic mass is 35.5. The van der Waals surface area contributed by atoms with Crippen molar-refractivity contribution in [1.82, 2.24) is 4.90 Å². The normalized spacial score (nSPS) is 25.3. The number of nitro groups is 1. The third-order valence-corrected chi connectivity index (χ3v) is 26.1. The molecule has 0 unspecified atom stereocenters. The Hall–Kier alpha value is -5.53. The van der Waals surface area contributed by atoms with Gasteiger partial charge >= 0.3 is 12.1 Å². The summed E-state index contributed by atoms with van der Waals surface area (Å²) in [6.07, 6.45) is -7.56. The van der Waals surface area contributed by atoms with E-state index in [2.05, 4.69) is 78.9 Å². The molecule has 2 fully saturated rings. The molecule has 4 aromatic carbocycles. The van der Waals surface area contributed by atoms with Crippen LogP contribution >= 0.6 is 11.6 Å². The van der Waals surface area contributed by atoms with Crippen LogP contribution in [0, 0.1) is 10.1 Å². The second-order valence-electron chi connectivity index (χ2n) is 23.5. The molecule has 450 valence electrons. The molecule has 2 saturated heterocycles. The molecule has 3 aliphatic heterocycles. The number of amides is 1. The number of halogens is 1. The molecule has 4 aliphatic rings. The molecular weight excluding hydrogens is 1120 g/mol. The number of para-hydroxylation sites is 1. The quantitative estimate of drug-likeness (QED) is 0.0312. The first kappa shape index (κ1) is 63.5. The highest BCUT2D eigenvalue weighted by Crippen LogP contribution is 2.45. The molecule has 83 heavy (non-hydrogen) atoms. The first-order chi connectivity index (χ1) is 39.5. The lowest BCUT2D eigenvalue weighted by Crippen LogP contribution is -2.62. The molecule has 0 N–H and O–H groups in total. The van der Waals surface area contributed by atoms with Gasteiger partial charge in [0.15, 0.2) is 20.9 Å². The minimum atomic E-state index is -2.64. The minimum absolute atomic E-state index is 0.00368. The average Bonchev–Trinajstić information content (AvgIpc) is 3.89. The van der Waals surface area contributed by atoms with Gasteiger partial charge in [-0.1, -0.05) is 125 Å². The summed E-state index contributed by atoms with van der Waals surface area (Å²) < 4.78 is 66.5. The standard InChI is InChI=1S/C62H82ClN3O15Si2/c1-14-83(15-2,16-3)81-56-54(64-79-60-55(78-58(67)41-25-23-26-43(63)33-41)52(32-39(6)75-60)80-82(12,13)62(8,9)10)40(7)76-59(73-35-42-24-17-22-31-49(42)66(69)70)57(56)77-53-34-51(71-11)50(37-72-53)65(38(4)5)61(68)74-36-48-46-29-20-18-27-44(46)45-28-19-21-30-47(45)48/h17-33,38-40,48,50-51,53,55-57,59-60H,14-16,34-37H2,1-13H3/b64-54+/t39-,40-,50+,51+,53+,55-,56+,57-,59-,60+/m1/s1. The Morgan fingerprint density at radius 3 is 2.14 bits per heavy atom. The van der Waals surface area contributed by atoms with Gasteiger partial charge in [-0.3, -0.25) is 15.0 Å². The maximum atomic E-state index is 14.4. The molecule has 1 aliphatic carbocycles. The zero-order valence-electron chi connectivity index (χ0n) is 50.0. The molecule has 0 radical (unpaired) electrons. The SMILES string of the molecule is CC[Si](CC)(CC)O[C@H]1/C(=N/O[C@@H]2O[C@H](C)C=C(O[Si](C)(C)C(C)(C)C)[C@H]2OC(=O)c2cccc(Cl)c2)[C@@H](C)O[C@@H](OCc2ccccc2[N+](=O)[O-])[C@@H]1O[C@H]1C[C@H](OC)[C@@H](N(C(=O)OCC2c3ccccc3-c3ccccc32)C(C)C)CO1.